The second-order valence-corrected chi connectivity index (χ2v) is 6.82. The monoisotopic (exact) mass is 357 g/mol. The van der Waals surface area contributed by atoms with Crippen LogP contribution in [0.3, 0.4) is 0 Å². The summed E-state index contributed by atoms with van der Waals surface area (Å²) in [7, 11) is 0. The van der Waals surface area contributed by atoms with Crippen LogP contribution in [-0.2, 0) is 11.2 Å². The fourth-order valence-electron chi connectivity index (χ4n) is 3.21. The number of benzene rings is 2. The quantitative estimate of drug-likeness (QED) is 0.879. The van der Waals surface area contributed by atoms with E-state index < -0.39 is 6.10 Å². The summed E-state index contributed by atoms with van der Waals surface area (Å²) in [6.07, 6.45) is 0.420. The Balaban J connectivity index is 1.87. The van der Waals surface area contributed by atoms with E-state index in [1.54, 1.807) is 6.07 Å². The summed E-state index contributed by atoms with van der Waals surface area (Å²) in [5.74, 6) is 0. The summed E-state index contributed by atoms with van der Waals surface area (Å²) >= 11 is 5.93. The number of nitrogens with zero attached hydrogens (tertiary/aromatic N) is 1. The number of nitriles is 1. The standard InChI is InChI=1S/C20H20ClNO3/c21-17-5-1-13(2-6-17)7-16-8-14(3-4-15(16)11-22)20-10-18(24)9-19(12-23)25-20/h1-6,8,18-20,23-24H,7,9-10,12H2. The van der Waals surface area contributed by atoms with Gasteiger partial charge in [0.05, 0.1) is 36.6 Å². The van der Waals surface area contributed by atoms with Crippen LogP contribution in [0.4, 0.5) is 0 Å². The molecular formula is C20H20ClNO3. The average Bonchev–Trinajstić information content (AvgIpc) is 2.63. The summed E-state index contributed by atoms with van der Waals surface area (Å²) in [6, 6.07) is 15.4. The first-order valence-corrected chi connectivity index (χ1v) is 8.68. The number of halogens is 1. The Kier molecular flexibility index (Phi) is 5.72. The van der Waals surface area contributed by atoms with Gasteiger partial charge in [-0.1, -0.05) is 35.9 Å². The molecule has 0 amide bonds. The normalized spacial score (nSPS) is 23.2. The van der Waals surface area contributed by atoms with Crippen molar-refractivity contribution in [3.8, 4) is 6.07 Å². The van der Waals surface area contributed by atoms with Crippen molar-refractivity contribution in [3.63, 3.8) is 0 Å². The molecule has 2 aromatic rings. The van der Waals surface area contributed by atoms with E-state index in [2.05, 4.69) is 6.07 Å². The van der Waals surface area contributed by atoms with Crippen molar-refractivity contribution in [2.45, 2.75) is 37.6 Å². The molecule has 1 aliphatic heterocycles. The maximum absolute atomic E-state index is 10.0. The van der Waals surface area contributed by atoms with Gasteiger partial charge in [0.1, 0.15) is 0 Å². The fraction of sp³-hybridized carbons (Fsp3) is 0.350. The Morgan fingerprint density at radius 1 is 1.16 bits per heavy atom. The molecule has 130 valence electrons. The third-order valence-electron chi connectivity index (χ3n) is 4.51. The molecule has 3 atom stereocenters. The van der Waals surface area contributed by atoms with Crippen molar-refractivity contribution < 1.29 is 14.9 Å². The van der Waals surface area contributed by atoms with E-state index in [9.17, 15) is 15.5 Å². The number of rotatable bonds is 4. The van der Waals surface area contributed by atoms with Crippen molar-refractivity contribution >= 4 is 11.6 Å². The zero-order valence-electron chi connectivity index (χ0n) is 13.7. The Bertz CT molecular complexity index is 770. The smallest absolute Gasteiger partial charge is 0.0994 e. The van der Waals surface area contributed by atoms with Gasteiger partial charge in [-0.2, -0.15) is 5.26 Å². The maximum Gasteiger partial charge on any atom is 0.0994 e. The van der Waals surface area contributed by atoms with Gasteiger partial charge in [0, 0.05) is 17.9 Å². The maximum atomic E-state index is 10.0. The molecule has 0 radical (unpaired) electrons. The van der Waals surface area contributed by atoms with Crippen molar-refractivity contribution in [2.75, 3.05) is 6.61 Å². The zero-order valence-corrected chi connectivity index (χ0v) is 14.5. The van der Waals surface area contributed by atoms with Gasteiger partial charge >= 0.3 is 0 Å². The van der Waals surface area contributed by atoms with Gasteiger partial charge < -0.3 is 14.9 Å². The Labute approximate surface area is 152 Å². The van der Waals surface area contributed by atoms with Crippen molar-refractivity contribution in [3.05, 3.63) is 69.7 Å². The number of aliphatic hydroxyl groups excluding tert-OH is 2. The summed E-state index contributed by atoms with van der Waals surface area (Å²) in [5, 5.41) is 29.4. The molecule has 0 saturated carbocycles. The van der Waals surface area contributed by atoms with Crippen LogP contribution in [0.1, 0.15) is 41.2 Å². The Hall–Kier alpha value is -1.90. The van der Waals surface area contributed by atoms with Gasteiger partial charge in [-0.25, -0.2) is 0 Å². The van der Waals surface area contributed by atoms with Crippen molar-refractivity contribution in [1.29, 1.82) is 5.26 Å². The molecule has 1 saturated heterocycles. The molecule has 3 unspecified atom stereocenters. The number of hydrogen-bond acceptors (Lipinski definition) is 4. The lowest BCUT2D eigenvalue weighted by Crippen LogP contribution is -2.33. The van der Waals surface area contributed by atoms with Crippen molar-refractivity contribution in [2.24, 2.45) is 0 Å². The number of hydrogen-bond donors (Lipinski definition) is 2. The average molecular weight is 358 g/mol. The van der Waals surface area contributed by atoms with Crippen molar-refractivity contribution in [1.82, 2.24) is 0 Å². The van der Waals surface area contributed by atoms with E-state index in [0.717, 1.165) is 16.7 Å². The lowest BCUT2D eigenvalue weighted by molar-refractivity contribution is -0.113. The summed E-state index contributed by atoms with van der Waals surface area (Å²) in [5.41, 5.74) is 3.51. The molecule has 5 heteroatoms. The first-order valence-electron chi connectivity index (χ1n) is 8.30. The molecule has 2 N–H and O–H groups in total. The highest BCUT2D eigenvalue weighted by Crippen LogP contribution is 2.32. The molecule has 4 nitrogen and oxygen atoms in total. The lowest BCUT2D eigenvalue weighted by atomic mass is 9.92. The SMILES string of the molecule is N#Cc1ccc(C2CC(O)CC(CO)O2)cc1Cc1ccc(Cl)cc1. The third kappa shape index (κ3) is 4.39. The lowest BCUT2D eigenvalue weighted by Gasteiger charge is -2.32. The minimum absolute atomic E-state index is 0.110. The van der Waals surface area contributed by atoms with Crippen LogP contribution < -0.4 is 0 Å². The minimum Gasteiger partial charge on any atom is -0.394 e. The minimum atomic E-state index is -0.494. The van der Waals surface area contributed by atoms with Crippen LogP contribution in [0.15, 0.2) is 42.5 Å². The summed E-state index contributed by atoms with van der Waals surface area (Å²) < 4.78 is 5.88. The summed E-state index contributed by atoms with van der Waals surface area (Å²) in [4.78, 5) is 0. The van der Waals surface area contributed by atoms with Crippen LogP contribution in [0, 0.1) is 11.3 Å². The fourth-order valence-corrected chi connectivity index (χ4v) is 3.34. The molecule has 0 aromatic heterocycles. The zero-order chi connectivity index (χ0) is 17.8. The number of aliphatic hydroxyl groups is 2. The molecule has 1 aliphatic rings. The number of ether oxygens (including phenoxy) is 1. The predicted molar refractivity (Wildman–Crippen MR) is 95.4 cm³/mol. The Morgan fingerprint density at radius 3 is 2.60 bits per heavy atom. The molecule has 0 spiro atoms. The molecule has 0 aliphatic carbocycles. The summed E-state index contributed by atoms with van der Waals surface area (Å²) in [6.45, 7) is -0.110. The molecule has 1 fully saturated rings. The molecule has 2 aromatic carbocycles. The topological polar surface area (TPSA) is 73.5 Å². The molecule has 3 rings (SSSR count). The van der Waals surface area contributed by atoms with Crippen LogP contribution in [0.2, 0.25) is 5.02 Å². The highest BCUT2D eigenvalue weighted by Gasteiger charge is 2.29. The van der Waals surface area contributed by atoms with E-state index in [-0.39, 0.29) is 18.8 Å². The van der Waals surface area contributed by atoms with E-state index in [0.29, 0.717) is 29.8 Å². The van der Waals surface area contributed by atoms with Crippen LogP contribution in [0.25, 0.3) is 0 Å². The van der Waals surface area contributed by atoms with Gasteiger partial charge in [-0.3, -0.25) is 0 Å². The van der Waals surface area contributed by atoms with Gasteiger partial charge in [0.2, 0.25) is 0 Å². The molecule has 1 heterocycles. The van der Waals surface area contributed by atoms with E-state index >= 15 is 0 Å². The highest BCUT2D eigenvalue weighted by molar-refractivity contribution is 6.30. The van der Waals surface area contributed by atoms with Crippen LogP contribution in [-0.4, -0.2) is 29.0 Å². The van der Waals surface area contributed by atoms with Crippen LogP contribution in [0.5, 0.6) is 0 Å². The van der Waals surface area contributed by atoms with Gasteiger partial charge in [0.25, 0.3) is 0 Å². The van der Waals surface area contributed by atoms with E-state index in [1.165, 1.54) is 0 Å². The van der Waals surface area contributed by atoms with Gasteiger partial charge in [-0.05, 0) is 41.3 Å². The third-order valence-corrected chi connectivity index (χ3v) is 4.76. The second kappa shape index (κ2) is 7.99. The Morgan fingerprint density at radius 2 is 1.92 bits per heavy atom. The van der Waals surface area contributed by atoms with Gasteiger partial charge in [0.15, 0.2) is 0 Å². The highest BCUT2D eigenvalue weighted by atomic mass is 35.5. The second-order valence-electron chi connectivity index (χ2n) is 6.39. The predicted octanol–water partition coefficient (Wildman–Crippen LogP) is 3.38. The first kappa shape index (κ1) is 17.9. The van der Waals surface area contributed by atoms with E-state index in [4.69, 9.17) is 16.3 Å². The van der Waals surface area contributed by atoms with Gasteiger partial charge in [-0.15, -0.1) is 0 Å². The van der Waals surface area contributed by atoms with Crippen LogP contribution >= 0.6 is 11.6 Å². The van der Waals surface area contributed by atoms with E-state index in [1.807, 2.05) is 36.4 Å². The first-order chi connectivity index (χ1) is 12.1. The molecule has 25 heavy (non-hydrogen) atoms. The molecule has 0 bridgehead atoms. The molecular weight excluding hydrogens is 338 g/mol. The largest absolute Gasteiger partial charge is 0.394 e.